The maximum absolute atomic E-state index is 10.8. The first kappa shape index (κ1) is 17.2. The fraction of sp³-hybridized carbons (Fsp3) is 0.375. The molecule has 2 unspecified atom stereocenters. The van der Waals surface area contributed by atoms with Gasteiger partial charge in [-0.1, -0.05) is 12.2 Å². The van der Waals surface area contributed by atoms with Gasteiger partial charge >= 0.3 is 0 Å². The Morgan fingerprint density at radius 2 is 1.96 bits per heavy atom. The average Bonchev–Trinajstić information content (AvgIpc) is 2.88. The second-order valence-corrected chi connectivity index (χ2v) is 6.64. The van der Waals surface area contributed by atoms with E-state index in [1.807, 2.05) is 23.1 Å². The van der Waals surface area contributed by atoms with E-state index in [1.165, 1.54) is 0 Å². The summed E-state index contributed by atoms with van der Waals surface area (Å²) in [6.45, 7) is 0. The van der Waals surface area contributed by atoms with Gasteiger partial charge in [-0.25, -0.2) is 4.90 Å². The number of fused-ring (bicyclic) bond motifs is 1. The first-order valence-corrected chi connectivity index (χ1v) is 8.57. The van der Waals surface area contributed by atoms with Crippen molar-refractivity contribution >= 4 is 41.2 Å². The first-order chi connectivity index (χ1) is 11.6. The van der Waals surface area contributed by atoms with Crippen molar-refractivity contribution in [2.45, 2.75) is 12.5 Å². The van der Waals surface area contributed by atoms with Crippen molar-refractivity contribution in [2.75, 3.05) is 27.2 Å². The van der Waals surface area contributed by atoms with Crippen LogP contribution < -0.4 is 14.2 Å². The molecule has 2 atom stereocenters. The van der Waals surface area contributed by atoms with E-state index >= 15 is 0 Å². The fourth-order valence-corrected chi connectivity index (χ4v) is 3.99. The number of thiocarbonyl (C=S) groups is 1. The van der Waals surface area contributed by atoms with Crippen molar-refractivity contribution in [3.63, 3.8) is 0 Å². The monoisotopic (exact) mass is 367 g/mol. The number of methoxy groups -OCH3 is 3. The lowest BCUT2D eigenvalue weighted by Crippen LogP contribution is -2.58. The smallest absolute Gasteiger partial charge is 0.203 e. The lowest BCUT2D eigenvalue weighted by Gasteiger charge is -2.42. The number of nitrogens with zero attached hydrogens (tertiary/aromatic N) is 1. The van der Waals surface area contributed by atoms with Crippen molar-refractivity contribution in [1.29, 1.82) is 0 Å². The maximum Gasteiger partial charge on any atom is 0.203 e. The molecule has 24 heavy (non-hydrogen) atoms. The summed E-state index contributed by atoms with van der Waals surface area (Å²) in [7, 11) is 4.74. The van der Waals surface area contributed by atoms with Crippen LogP contribution in [0.4, 0.5) is 0 Å². The van der Waals surface area contributed by atoms with Crippen LogP contribution in [-0.4, -0.2) is 55.7 Å². The number of aldehydes is 1. The van der Waals surface area contributed by atoms with E-state index < -0.39 is 0 Å². The van der Waals surface area contributed by atoms with Crippen LogP contribution in [0, 0.1) is 0 Å². The van der Waals surface area contributed by atoms with Gasteiger partial charge in [0.25, 0.3) is 0 Å². The molecule has 2 saturated heterocycles. The molecule has 0 aliphatic carbocycles. The standard InChI is InChI=1S/C16H17NO5S2/c1-19-10-4-9(5-11(20-2)14(10)21-3)6-13-16-17(8-24-13)15(22-16)12(23)7-18/h4-7,15-16H,8H2,1-3H3. The van der Waals surface area contributed by atoms with Gasteiger partial charge in [-0.2, -0.15) is 0 Å². The molecule has 1 aromatic rings. The number of rotatable bonds is 6. The van der Waals surface area contributed by atoms with Gasteiger partial charge in [0, 0.05) is 4.91 Å². The van der Waals surface area contributed by atoms with Crippen LogP contribution in [0.1, 0.15) is 5.56 Å². The molecule has 2 heterocycles. The van der Waals surface area contributed by atoms with Gasteiger partial charge in [-0.05, 0) is 23.8 Å². The number of carbonyl (C=O) groups excluding carboxylic acids is 1. The molecule has 3 rings (SSSR count). The van der Waals surface area contributed by atoms with Crippen molar-refractivity contribution in [2.24, 2.45) is 0 Å². The zero-order chi connectivity index (χ0) is 17.3. The van der Waals surface area contributed by atoms with Crippen LogP contribution in [-0.2, 0) is 9.53 Å². The highest BCUT2D eigenvalue weighted by molar-refractivity contribution is 8.03. The summed E-state index contributed by atoms with van der Waals surface area (Å²) < 4.78 is 21.8. The molecule has 0 N–H and O–H groups in total. The molecule has 1 aromatic carbocycles. The number of ether oxygens (including phenoxy) is 4. The van der Waals surface area contributed by atoms with Crippen LogP contribution in [0.25, 0.3) is 6.08 Å². The summed E-state index contributed by atoms with van der Waals surface area (Å²) >= 11 is 6.66. The average molecular weight is 367 g/mol. The predicted octanol–water partition coefficient (Wildman–Crippen LogP) is 2.31. The normalized spacial score (nSPS) is 24.2. The molecule has 2 fully saturated rings. The third-order valence-corrected chi connectivity index (χ3v) is 5.22. The topological polar surface area (TPSA) is 57.2 Å². The van der Waals surface area contributed by atoms with E-state index in [0.717, 1.165) is 16.3 Å². The molecule has 0 saturated carbocycles. The van der Waals surface area contributed by atoms with Crippen LogP contribution >= 0.6 is 24.0 Å². The van der Waals surface area contributed by atoms with Gasteiger partial charge in [-0.3, -0.25) is 4.79 Å². The number of thioether (sulfide) groups is 1. The zero-order valence-electron chi connectivity index (χ0n) is 13.5. The highest BCUT2D eigenvalue weighted by Gasteiger charge is 2.48. The minimum Gasteiger partial charge on any atom is -0.493 e. The Morgan fingerprint density at radius 3 is 2.50 bits per heavy atom. The number of carbonyl (C=O) groups is 1. The van der Waals surface area contributed by atoms with Crippen LogP contribution in [0.15, 0.2) is 17.0 Å². The summed E-state index contributed by atoms with van der Waals surface area (Å²) in [4.78, 5) is 14.2. The van der Waals surface area contributed by atoms with Gasteiger partial charge < -0.3 is 18.9 Å². The molecule has 0 amide bonds. The number of benzene rings is 1. The number of hydrogen-bond acceptors (Lipinski definition) is 8. The van der Waals surface area contributed by atoms with E-state index in [1.54, 1.807) is 33.1 Å². The molecular weight excluding hydrogens is 350 g/mol. The van der Waals surface area contributed by atoms with Gasteiger partial charge in [0.15, 0.2) is 24.0 Å². The van der Waals surface area contributed by atoms with E-state index in [2.05, 4.69) is 0 Å². The molecule has 128 valence electrons. The minimum absolute atomic E-state index is 0.156. The van der Waals surface area contributed by atoms with Crippen LogP contribution in [0.2, 0.25) is 0 Å². The Balaban J connectivity index is 1.85. The quantitative estimate of drug-likeness (QED) is 0.561. The fourth-order valence-electron chi connectivity index (χ4n) is 2.68. The Labute approximate surface area is 149 Å². The second-order valence-electron chi connectivity index (χ2n) is 5.15. The van der Waals surface area contributed by atoms with Crippen LogP contribution in [0.5, 0.6) is 17.2 Å². The first-order valence-electron chi connectivity index (χ1n) is 7.17. The van der Waals surface area contributed by atoms with Crippen molar-refractivity contribution < 1.29 is 23.7 Å². The minimum atomic E-state index is -0.388. The summed E-state index contributed by atoms with van der Waals surface area (Å²) in [5.74, 6) is 2.48. The summed E-state index contributed by atoms with van der Waals surface area (Å²) in [5, 5.41) is 0. The summed E-state index contributed by atoms with van der Waals surface area (Å²) in [5.41, 5.74) is 0.916. The third-order valence-electron chi connectivity index (χ3n) is 3.84. The van der Waals surface area contributed by atoms with Gasteiger partial charge in [0.05, 0.1) is 32.1 Å². The van der Waals surface area contributed by atoms with Crippen molar-refractivity contribution in [3.05, 3.63) is 22.6 Å². The van der Waals surface area contributed by atoms with Crippen molar-refractivity contribution in [3.8, 4) is 17.2 Å². The van der Waals surface area contributed by atoms with Crippen molar-refractivity contribution in [1.82, 2.24) is 4.90 Å². The highest BCUT2D eigenvalue weighted by Crippen LogP contribution is 2.45. The van der Waals surface area contributed by atoms with E-state index in [-0.39, 0.29) is 17.3 Å². The molecule has 0 aromatic heterocycles. The largest absolute Gasteiger partial charge is 0.493 e. The molecule has 2 aliphatic heterocycles. The predicted molar refractivity (Wildman–Crippen MR) is 95.7 cm³/mol. The molecule has 8 heteroatoms. The molecule has 0 bridgehead atoms. The Kier molecular flexibility index (Phi) is 5.09. The number of hydrogen-bond donors (Lipinski definition) is 0. The third kappa shape index (κ3) is 2.90. The SMILES string of the molecule is COc1cc(C=C2SCN3C(C(=S)C=O)OC23)cc(OC)c1OC. The molecule has 2 aliphatic rings. The molecule has 0 radical (unpaired) electrons. The Hall–Kier alpha value is -1.61. The summed E-state index contributed by atoms with van der Waals surface area (Å²) in [6, 6.07) is 3.76. The van der Waals surface area contributed by atoms with Crippen LogP contribution in [0.3, 0.4) is 0 Å². The Bertz CT molecular complexity index is 681. The van der Waals surface area contributed by atoms with Gasteiger partial charge in [0.1, 0.15) is 6.23 Å². The Morgan fingerprint density at radius 1 is 1.29 bits per heavy atom. The highest BCUT2D eigenvalue weighted by atomic mass is 32.2. The maximum atomic E-state index is 10.8. The van der Waals surface area contributed by atoms with E-state index in [9.17, 15) is 4.79 Å². The zero-order valence-corrected chi connectivity index (χ0v) is 15.1. The second kappa shape index (κ2) is 7.10. The van der Waals surface area contributed by atoms with E-state index in [0.29, 0.717) is 23.5 Å². The summed E-state index contributed by atoms with van der Waals surface area (Å²) in [6.07, 6.45) is 2.14. The lowest BCUT2D eigenvalue weighted by molar-refractivity contribution is -0.214. The molecular formula is C16H17NO5S2. The lowest BCUT2D eigenvalue weighted by atomic mass is 10.1. The van der Waals surface area contributed by atoms with Gasteiger partial charge in [0.2, 0.25) is 5.75 Å². The van der Waals surface area contributed by atoms with E-state index in [4.69, 9.17) is 31.2 Å². The molecule has 6 nitrogen and oxygen atoms in total. The molecule has 0 spiro atoms. The van der Waals surface area contributed by atoms with Gasteiger partial charge in [-0.15, -0.1) is 11.8 Å².